The van der Waals surface area contributed by atoms with Crippen molar-refractivity contribution in [2.75, 3.05) is 0 Å². The third-order valence-electron chi connectivity index (χ3n) is 0.390. The number of hydrogen-bond donors (Lipinski definition) is 2. The molecular weight excluding hydrogens is 161 g/mol. The van der Waals surface area contributed by atoms with Crippen molar-refractivity contribution in [3.63, 3.8) is 0 Å². The zero-order valence-electron chi connectivity index (χ0n) is 6.83. The molecule has 0 aromatic rings. The third-order valence-corrected chi connectivity index (χ3v) is 0.390. The Morgan fingerprint density at radius 3 is 1.64 bits per heavy atom. The fraction of sp³-hybridized carbons (Fsp3) is 0.600. The number of rotatable bonds is 1. The first kappa shape index (κ1) is 17.1. The molecule has 0 heterocycles. The molecule has 0 aliphatic carbocycles. The first-order valence-corrected chi connectivity index (χ1v) is 2.54. The molecule has 0 rings (SSSR count). The summed E-state index contributed by atoms with van der Waals surface area (Å²) in [4.78, 5) is 18.5. The van der Waals surface area contributed by atoms with Gasteiger partial charge in [-0.05, 0) is 13.8 Å². The monoisotopic (exact) mass is 171 g/mol. The van der Waals surface area contributed by atoms with Gasteiger partial charge in [-0.3, -0.25) is 4.79 Å². The molecule has 0 aliphatic heterocycles. The van der Waals surface area contributed by atoms with Gasteiger partial charge in [0.1, 0.15) is 6.04 Å². The summed E-state index contributed by atoms with van der Waals surface area (Å²) in [5.74, 6) is -2.05. The van der Waals surface area contributed by atoms with E-state index in [-0.39, 0.29) is 29.6 Å². The maximum absolute atomic E-state index is 9.57. The predicted octanol–water partition coefficient (Wildman–Crippen LogP) is -4.82. The fourth-order valence-electron chi connectivity index (χ4n) is 0. The summed E-state index contributed by atoms with van der Waals surface area (Å²) in [6, 6.07) is -0.731. The second-order valence-electron chi connectivity index (χ2n) is 1.62. The van der Waals surface area contributed by atoms with E-state index < -0.39 is 18.0 Å². The van der Waals surface area contributed by atoms with E-state index in [1.807, 2.05) is 0 Å². The molecule has 11 heavy (non-hydrogen) atoms. The number of carboxylic acids is 2. The number of carboxylic acid groups (broad SMARTS) is 2. The van der Waals surface area contributed by atoms with E-state index in [2.05, 4.69) is 0 Å². The molecule has 1 unspecified atom stereocenters. The van der Waals surface area contributed by atoms with Crippen LogP contribution in [0.25, 0.3) is 0 Å². The summed E-state index contributed by atoms with van der Waals surface area (Å²) < 4.78 is 0. The number of nitrogens with two attached hydrogens (primary N) is 1. The van der Waals surface area contributed by atoms with Crippen LogP contribution in [0, 0.1) is 0 Å². The third kappa shape index (κ3) is 40.6. The van der Waals surface area contributed by atoms with Crippen molar-refractivity contribution in [3.05, 3.63) is 0 Å². The number of carbonyl (C=O) groups is 2. The molecule has 0 fully saturated rings. The summed E-state index contributed by atoms with van der Waals surface area (Å²) in [7, 11) is 0. The van der Waals surface area contributed by atoms with Crippen LogP contribution in [0.15, 0.2) is 0 Å². The Morgan fingerprint density at radius 1 is 1.55 bits per heavy atom. The number of aliphatic carboxylic acids is 2. The molecule has 0 aromatic carbocycles. The Balaban J connectivity index is -0.000000114. The molecule has 3 N–H and O–H groups in total. The Labute approximate surface area is 86.9 Å². The Bertz CT molecular complexity index is 122. The van der Waals surface area contributed by atoms with Gasteiger partial charge in [0.15, 0.2) is 0 Å². The molecule has 5 nitrogen and oxygen atoms in total. The van der Waals surface area contributed by atoms with Crippen molar-refractivity contribution in [3.8, 4) is 0 Å². The van der Waals surface area contributed by atoms with Crippen LogP contribution in [0.4, 0.5) is 0 Å². The number of hydrogen-bond acceptors (Lipinski definition) is 4. The van der Waals surface area contributed by atoms with E-state index >= 15 is 0 Å². The zero-order chi connectivity index (χ0) is 8.73. The van der Waals surface area contributed by atoms with Crippen molar-refractivity contribution in [2.24, 2.45) is 5.73 Å². The normalized spacial score (nSPS) is 9.73. The number of carbonyl (C=O) groups excluding carboxylic acids is 1. The van der Waals surface area contributed by atoms with E-state index in [9.17, 15) is 4.79 Å². The molecule has 0 saturated carbocycles. The van der Waals surface area contributed by atoms with Gasteiger partial charge in [0, 0.05) is 5.97 Å². The largest absolute Gasteiger partial charge is 1.00 e. The van der Waals surface area contributed by atoms with Crippen molar-refractivity contribution in [2.45, 2.75) is 19.9 Å². The molecule has 0 aromatic heterocycles. The standard InChI is InChI=1S/C3H7NO2.C2H4O2.Na/c1-2(4)3(5)6;1-2(3)4;/h2H,4H2,1H3,(H,5,6);1H3,(H,3,4);/q;;+1/p-1. The second-order valence-corrected chi connectivity index (χ2v) is 1.62. The van der Waals surface area contributed by atoms with Crippen LogP contribution in [0.5, 0.6) is 0 Å². The zero-order valence-corrected chi connectivity index (χ0v) is 8.83. The average Bonchev–Trinajstić information content (AvgIpc) is 1.63. The van der Waals surface area contributed by atoms with Gasteiger partial charge in [0.25, 0.3) is 0 Å². The molecule has 0 radical (unpaired) electrons. The summed E-state index contributed by atoms with van der Waals surface area (Å²) in [6.45, 7) is 2.39. The van der Waals surface area contributed by atoms with Crippen LogP contribution in [-0.4, -0.2) is 23.1 Å². The first-order chi connectivity index (χ1) is 4.37. The topological polar surface area (TPSA) is 103 Å². The van der Waals surface area contributed by atoms with Gasteiger partial charge < -0.3 is 20.7 Å². The molecule has 0 aliphatic rings. The summed E-state index contributed by atoms with van der Waals surface area (Å²) in [5.41, 5.74) is 4.84. The van der Waals surface area contributed by atoms with Crippen molar-refractivity contribution >= 4 is 11.9 Å². The molecule has 0 amide bonds. The molecule has 6 heteroatoms. The quantitative estimate of drug-likeness (QED) is 0.385. The van der Waals surface area contributed by atoms with E-state index in [1.165, 1.54) is 6.92 Å². The maximum Gasteiger partial charge on any atom is 1.00 e. The minimum absolute atomic E-state index is 0. The van der Waals surface area contributed by atoms with Crippen molar-refractivity contribution in [1.82, 2.24) is 0 Å². The molecule has 0 saturated heterocycles. The molecule has 1 atom stereocenters. The minimum Gasteiger partial charge on any atom is -0.550 e. The summed E-state index contributed by atoms with van der Waals surface area (Å²) in [6.07, 6.45) is 0. The Morgan fingerprint density at radius 2 is 1.64 bits per heavy atom. The van der Waals surface area contributed by atoms with Gasteiger partial charge in [0.2, 0.25) is 0 Å². The van der Waals surface area contributed by atoms with E-state index in [1.54, 1.807) is 0 Å². The van der Waals surface area contributed by atoms with Gasteiger partial charge in [-0.1, -0.05) is 0 Å². The Kier molecular flexibility index (Phi) is 15.4. The van der Waals surface area contributed by atoms with Gasteiger partial charge in [-0.15, -0.1) is 0 Å². The predicted molar refractivity (Wildman–Crippen MR) is 32.0 cm³/mol. The summed E-state index contributed by atoms with van der Waals surface area (Å²) >= 11 is 0. The first-order valence-electron chi connectivity index (χ1n) is 2.54. The van der Waals surface area contributed by atoms with Crippen LogP contribution >= 0.6 is 0 Å². The van der Waals surface area contributed by atoms with E-state index in [0.717, 1.165) is 6.92 Å². The van der Waals surface area contributed by atoms with Crippen LogP contribution < -0.4 is 40.4 Å². The van der Waals surface area contributed by atoms with Crippen LogP contribution in [0.3, 0.4) is 0 Å². The van der Waals surface area contributed by atoms with Crippen molar-refractivity contribution < 1.29 is 49.4 Å². The molecular formula is C5H10NNaO4. The van der Waals surface area contributed by atoms with Crippen LogP contribution in [-0.2, 0) is 9.59 Å². The van der Waals surface area contributed by atoms with E-state index in [0.29, 0.717) is 0 Å². The van der Waals surface area contributed by atoms with Gasteiger partial charge in [-0.2, -0.15) is 0 Å². The minimum atomic E-state index is -1.08. The van der Waals surface area contributed by atoms with Crippen LogP contribution in [0.2, 0.25) is 0 Å². The smallest absolute Gasteiger partial charge is 0.550 e. The van der Waals surface area contributed by atoms with Gasteiger partial charge in [0.05, 0.1) is 0 Å². The molecule has 60 valence electrons. The molecule has 0 bridgehead atoms. The maximum atomic E-state index is 9.57. The van der Waals surface area contributed by atoms with Crippen LogP contribution in [0.1, 0.15) is 13.8 Å². The van der Waals surface area contributed by atoms with Gasteiger partial charge in [-0.25, -0.2) is 0 Å². The molecule has 0 spiro atoms. The van der Waals surface area contributed by atoms with Crippen molar-refractivity contribution in [1.29, 1.82) is 0 Å². The SMILES string of the molecule is CC(=O)[O-].CC(N)C(=O)O.[Na+]. The Hall–Kier alpha value is -0.100. The summed E-state index contributed by atoms with van der Waals surface area (Å²) in [5, 5.41) is 16.8. The average molecular weight is 171 g/mol. The van der Waals surface area contributed by atoms with E-state index in [4.69, 9.17) is 20.7 Å². The second kappa shape index (κ2) is 9.90. The fourth-order valence-corrected chi connectivity index (χ4v) is 0. The van der Waals surface area contributed by atoms with Gasteiger partial charge >= 0.3 is 35.5 Å².